The Bertz CT molecular complexity index is 1560. The minimum atomic E-state index is -1.08. The number of benzene rings is 2. The van der Waals surface area contributed by atoms with E-state index in [0.717, 1.165) is 33.6 Å². The summed E-state index contributed by atoms with van der Waals surface area (Å²) in [5.41, 5.74) is 14.3. The van der Waals surface area contributed by atoms with Gasteiger partial charge in [0.05, 0.1) is 11.2 Å². The molecule has 196 valence electrons. The largest absolute Gasteiger partial charge is 0.395 e. The Kier molecular flexibility index (Phi) is 7.19. The number of nitrogens with zero attached hydrogens (tertiary/aromatic N) is 3. The smallest absolute Gasteiger partial charge is 0.273 e. The second kappa shape index (κ2) is 10.2. The molecule has 0 bridgehead atoms. The summed E-state index contributed by atoms with van der Waals surface area (Å²) in [4.78, 5) is 46.0. The van der Waals surface area contributed by atoms with E-state index in [-0.39, 0.29) is 22.2 Å². The molecule has 0 radical (unpaired) electrons. The molecule has 3 amide bonds. The summed E-state index contributed by atoms with van der Waals surface area (Å²) in [6, 6.07) is 13.8. The van der Waals surface area contributed by atoms with Crippen molar-refractivity contribution in [1.29, 1.82) is 0 Å². The Labute approximate surface area is 225 Å². The predicted molar refractivity (Wildman–Crippen MR) is 150 cm³/mol. The third kappa shape index (κ3) is 5.35. The Morgan fingerprint density at radius 1 is 1.05 bits per heavy atom. The number of hydrogen-bond donors (Lipinski definition) is 3. The fourth-order valence-corrected chi connectivity index (χ4v) is 4.95. The number of anilines is 2. The number of nitrogens with one attached hydrogen (secondary N) is 1. The van der Waals surface area contributed by atoms with E-state index in [0.29, 0.717) is 11.3 Å². The number of aryl methyl sites for hydroxylation is 2. The van der Waals surface area contributed by atoms with Crippen molar-refractivity contribution in [1.82, 2.24) is 14.7 Å². The lowest BCUT2D eigenvalue weighted by Crippen LogP contribution is -2.49. The third-order valence-corrected chi connectivity index (χ3v) is 6.80. The maximum atomic E-state index is 14.3. The number of amides is 3. The number of pyridine rings is 1. The van der Waals surface area contributed by atoms with Crippen molar-refractivity contribution in [2.45, 2.75) is 46.2 Å². The van der Waals surface area contributed by atoms with Crippen LogP contribution in [0.3, 0.4) is 0 Å². The van der Waals surface area contributed by atoms with Gasteiger partial charge in [-0.25, -0.2) is 0 Å². The van der Waals surface area contributed by atoms with Crippen LogP contribution in [0.2, 0.25) is 0 Å². The van der Waals surface area contributed by atoms with Gasteiger partial charge in [0.1, 0.15) is 10.9 Å². The van der Waals surface area contributed by atoms with Gasteiger partial charge in [0.15, 0.2) is 5.69 Å². The predicted octanol–water partition coefficient (Wildman–Crippen LogP) is 4.29. The summed E-state index contributed by atoms with van der Waals surface area (Å²) in [5, 5.41) is 3.85. The summed E-state index contributed by atoms with van der Waals surface area (Å²) in [5.74, 6) is -1.78. The summed E-state index contributed by atoms with van der Waals surface area (Å²) in [7, 11) is 0. The number of rotatable bonds is 6. The number of carbonyl (C=O) groups is 3. The number of primary amides is 1. The van der Waals surface area contributed by atoms with E-state index < -0.39 is 23.4 Å². The van der Waals surface area contributed by atoms with E-state index in [1.807, 2.05) is 77.1 Å². The van der Waals surface area contributed by atoms with E-state index in [4.69, 9.17) is 11.5 Å². The number of hydrogen-bond acceptors (Lipinski definition) is 7. The van der Waals surface area contributed by atoms with Gasteiger partial charge in [-0.3, -0.25) is 24.3 Å². The van der Waals surface area contributed by atoms with Gasteiger partial charge in [-0.15, -0.1) is 0 Å². The van der Waals surface area contributed by atoms with Crippen molar-refractivity contribution in [3.63, 3.8) is 0 Å². The third-order valence-electron chi connectivity index (χ3n) is 5.95. The zero-order valence-electron chi connectivity index (χ0n) is 21.9. The molecule has 0 saturated carbocycles. The molecule has 0 aliphatic carbocycles. The van der Waals surface area contributed by atoms with Gasteiger partial charge >= 0.3 is 0 Å². The molecule has 0 aliphatic heterocycles. The molecule has 0 aliphatic rings. The fourth-order valence-electron chi connectivity index (χ4n) is 4.20. The molecule has 2 aromatic heterocycles. The van der Waals surface area contributed by atoms with Gasteiger partial charge in [-0.1, -0.05) is 24.3 Å². The van der Waals surface area contributed by atoms with Crippen LogP contribution < -0.4 is 21.7 Å². The van der Waals surface area contributed by atoms with Crippen molar-refractivity contribution in [2.75, 3.05) is 10.6 Å². The minimum Gasteiger partial charge on any atom is -0.395 e. The lowest BCUT2D eigenvalue weighted by molar-refractivity contribution is -0.123. The molecular weight excluding hydrogens is 500 g/mol. The van der Waals surface area contributed by atoms with Crippen LogP contribution in [-0.2, 0) is 4.79 Å². The Hall–Kier alpha value is -4.31. The molecule has 0 unspecified atom stereocenters. The number of nitrogens with two attached hydrogens (primary N) is 2. The maximum absolute atomic E-state index is 14.3. The van der Waals surface area contributed by atoms with Crippen molar-refractivity contribution in [2.24, 2.45) is 5.73 Å². The molecule has 4 rings (SSSR count). The van der Waals surface area contributed by atoms with Gasteiger partial charge in [0.25, 0.3) is 11.8 Å². The Balaban J connectivity index is 1.99. The van der Waals surface area contributed by atoms with Crippen LogP contribution in [-0.4, -0.2) is 32.6 Å². The molecule has 0 fully saturated rings. The second-order valence-corrected chi connectivity index (χ2v) is 11.0. The molecule has 0 spiro atoms. The van der Waals surface area contributed by atoms with Crippen LogP contribution in [0.5, 0.6) is 0 Å². The highest BCUT2D eigenvalue weighted by Crippen LogP contribution is 2.36. The van der Waals surface area contributed by atoms with E-state index in [2.05, 4.69) is 14.7 Å². The number of carbonyl (C=O) groups excluding carboxylic acids is 3. The highest BCUT2D eigenvalue weighted by atomic mass is 32.1. The maximum Gasteiger partial charge on any atom is 0.273 e. The molecule has 10 heteroatoms. The average Bonchev–Trinajstić information content (AvgIpc) is 3.24. The molecule has 5 N–H and O–H groups in total. The molecule has 0 saturated heterocycles. The normalized spacial score (nSPS) is 12.2. The molecule has 4 aromatic rings. The van der Waals surface area contributed by atoms with Gasteiger partial charge < -0.3 is 16.8 Å². The standard InChI is InChI=1S/C28H30N6O3S/c1-15-8-9-16(2)20(13-15)34(27(37)24-21(29)22(25(30)35)33-38-24)23(26(36)32-28(3,4)5)18-10-11-19-17(14-18)7-6-12-31-19/h6-14,23H,29H2,1-5H3,(H2,30,35)(H,32,36)/t23-/m0/s1. The number of nitrogen functional groups attached to an aromatic ring is 1. The molecule has 1 atom stereocenters. The summed E-state index contributed by atoms with van der Waals surface area (Å²) < 4.78 is 4.02. The minimum absolute atomic E-state index is 0.0238. The lowest BCUT2D eigenvalue weighted by atomic mass is 9.97. The van der Waals surface area contributed by atoms with E-state index >= 15 is 0 Å². The van der Waals surface area contributed by atoms with Gasteiger partial charge in [-0.05, 0) is 87.1 Å². The van der Waals surface area contributed by atoms with Crippen LogP contribution in [0.25, 0.3) is 10.9 Å². The van der Waals surface area contributed by atoms with Crippen LogP contribution in [0.4, 0.5) is 11.4 Å². The second-order valence-electron chi connectivity index (χ2n) is 10.2. The van der Waals surface area contributed by atoms with E-state index in [1.54, 1.807) is 12.3 Å². The first-order chi connectivity index (χ1) is 17.9. The highest BCUT2D eigenvalue weighted by molar-refractivity contribution is 7.09. The summed E-state index contributed by atoms with van der Waals surface area (Å²) in [6.45, 7) is 9.39. The lowest BCUT2D eigenvalue weighted by Gasteiger charge is -2.34. The van der Waals surface area contributed by atoms with Gasteiger partial charge in [0.2, 0.25) is 5.91 Å². The highest BCUT2D eigenvalue weighted by Gasteiger charge is 2.38. The molecule has 2 aromatic carbocycles. The van der Waals surface area contributed by atoms with Crippen molar-refractivity contribution >= 4 is 51.5 Å². The quantitative estimate of drug-likeness (QED) is 0.339. The molecule has 2 heterocycles. The molecular formula is C28H30N6O3S. The Morgan fingerprint density at radius 2 is 1.79 bits per heavy atom. The first-order valence-corrected chi connectivity index (χ1v) is 12.8. The van der Waals surface area contributed by atoms with Crippen molar-refractivity contribution in [3.8, 4) is 0 Å². The van der Waals surface area contributed by atoms with Gasteiger partial charge in [0, 0.05) is 22.8 Å². The zero-order valence-corrected chi connectivity index (χ0v) is 22.7. The number of aromatic nitrogens is 2. The fraction of sp³-hybridized carbons (Fsp3) is 0.250. The zero-order chi connectivity index (χ0) is 27.8. The SMILES string of the molecule is Cc1ccc(C)c(N(C(=O)c2snc(C(N)=O)c2N)[C@H](C(=O)NC(C)(C)C)c2ccc3ncccc3c2)c1. The molecule has 38 heavy (non-hydrogen) atoms. The van der Waals surface area contributed by atoms with Crippen molar-refractivity contribution < 1.29 is 14.4 Å². The average molecular weight is 531 g/mol. The Morgan fingerprint density at radius 3 is 2.45 bits per heavy atom. The topological polar surface area (TPSA) is 144 Å². The first-order valence-electron chi connectivity index (χ1n) is 12.0. The monoisotopic (exact) mass is 530 g/mol. The number of fused-ring (bicyclic) bond motifs is 1. The van der Waals surface area contributed by atoms with Crippen LogP contribution in [0.1, 0.15) is 63.7 Å². The van der Waals surface area contributed by atoms with Crippen LogP contribution in [0.15, 0.2) is 54.7 Å². The van der Waals surface area contributed by atoms with E-state index in [9.17, 15) is 14.4 Å². The summed E-state index contributed by atoms with van der Waals surface area (Å²) >= 11 is 0.777. The van der Waals surface area contributed by atoms with E-state index in [1.165, 1.54) is 4.90 Å². The van der Waals surface area contributed by atoms with Crippen molar-refractivity contribution in [3.05, 3.63) is 82.0 Å². The van der Waals surface area contributed by atoms with Gasteiger partial charge in [-0.2, -0.15) is 4.37 Å². The summed E-state index contributed by atoms with van der Waals surface area (Å²) in [6.07, 6.45) is 1.70. The van der Waals surface area contributed by atoms with Crippen LogP contribution in [0, 0.1) is 13.8 Å². The molecule has 9 nitrogen and oxygen atoms in total. The van der Waals surface area contributed by atoms with Crippen LogP contribution >= 0.6 is 11.5 Å². The first kappa shape index (κ1) is 26.7.